The van der Waals surface area contributed by atoms with E-state index in [2.05, 4.69) is 27.9 Å². The van der Waals surface area contributed by atoms with Gasteiger partial charge in [-0.3, -0.25) is 4.98 Å². The third-order valence-electron chi connectivity index (χ3n) is 1.49. The SMILES string of the molecule is Cc1nc2[nH]c(=O)n(S)c(=O)n2n1. The molecule has 0 aliphatic rings. The number of fused-ring (bicyclic) bond motifs is 1. The monoisotopic (exact) mass is 199 g/mol. The summed E-state index contributed by atoms with van der Waals surface area (Å²) in [5, 5.41) is 3.77. The van der Waals surface area contributed by atoms with Gasteiger partial charge in [-0.2, -0.15) is 8.96 Å². The predicted octanol–water partition coefficient (Wildman–Crippen LogP) is -1.42. The molecule has 0 unspecified atom stereocenters. The van der Waals surface area contributed by atoms with Crippen LogP contribution in [0.3, 0.4) is 0 Å². The standard InChI is InChI=1S/C5H5N5O2S/c1-2-6-3-7-4(11)10(13)5(12)9(3)8-2/h13H,1H3,(H,6,7,8,11). The van der Waals surface area contributed by atoms with Crippen LogP contribution in [0.4, 0.5) is 0 Å². The summed E-state index contributed by atoms with van der Waals surface area (Å²) in [7, 11) is 0. The summed E-state index contributed by atoms with van der Waals surface area (Å²) in [6.45, 7) is 1.62. The van der Waals surface area contributed by atoms with Crippen molar-refractivity contribution in [2.24, 2.45) is 0 Å². The quantitative estimate of drug-likeness (QED) is 0.510. The van der Waals surface area contributed by atoms with Crippen molar-refractivity contribution in [1.82, 2.24) is 23.6 Å². The van der Waals surface area contributed by atoms with Crippen molar-refractivity contribution in [2.75, 3.05) is 0 Å². The van der Waals surface area contributed by atoms with E-state index in [9.17, 15) is 9.59 Å². The number of rotatable bonds is 0. The van der Waals surface area contributed by atoms with Gasteiger partial charge in [0, 0.05) is 0 Å². The Balaban J connectivity index is 3.10. The zero-order valence-electron chi connectivity index (χ0n) is 6.55. The first kappa shape index (κ1) is 8.05. The largest absolute Gasteiger partial charge is 0.366 e. The highest BCUT2D eigenvalue weighted by molar-refractivity contribution is 7.78. The zero-order chi connectivity index (χ0) is 9.59. The summed E-state index contributed by atoms with van der Waals surface area (Å²) in [6.07, 6.45) is 0. The maximum Gasteiger partial charge on any atom is 0.366 e. The Hall–Kier alpha value is -1.57. The number of aromatic amines is 1. The average molecular weight is 199 g/mol. The summed E-state index contributed by atoms with van der Waals surface area (Å²) in [4.78, 5) is 28.5. The van der Waals surface area contributed by atoms with Crippen LogP contribution >= 0.6 is 12.8 Å². The molecule has 2 heterocycles. The number of aromatic nitrogens is 5. The Morgan fingerprint density at radius 1 is 1.46 bits per heavy atom. The van der Waals surface area contributed by atoms with Gasteiger partial charge in [-0.1, -0.05) is 12.8 Å². The van der Waals surface area contributed by atoms with Gasteiger partial charge in [0.15, 0.2) is 0 Å². The number of aryl methyl sites for hydroxylation is 1. The molecule has 0 amide bonds. The Morgan fingerprint density at radius 2 is 2.15 bits per heavy atom. The van der Waals surface area contributed by atoms with E-state index >= 15 is 0 Å². The summed E-state index contributed by atoms with van der Waals surface area (Å²) < 4.78 is 1.60. The maximum absolute atomic E-state index is 11.3. The van der Waals surface area contributed by atoms with Crippen molar-refractivity contribution in [3.63, 3.8) is 0 Å². The third kappa shape index (κ3) is 1.06. The average Bonchev–Trinajstić information content (AvgIpc) is 2.42. The van der Waals surface area contributed by atoms with Crippen LogP contribution in [0.25, 0.3) is 5.78 Å². The van der Waals surface area contributed by atoms with Gasteiger partial charge >= 0.3 is 11.4 Å². The van der Waals surface area contributed by atoms with E-state index in [0.717, 1.165) is 4.52 Å². The summed E-state index contributed by atoms with van der Waals surface area (Å²) >= 11 is 3.67. The fraction of sp³-hybridized carbons (Fsp3) is 0.200. The Labute approximate surface area is 76.6 Å². The number of hydrogen-bond acceptors (Lipinski definition) is 5. The second-order valence-corrected chi connectivity index (χ2v) is 2.82. The number of hydrogen-bond donors (Lipinski definition) is 2. The molecule has 1 N–H and O–H groups in total. The molecular formula is C5H5N5O2S. The lowest BCUT2D eigenvalue weighted by molar-refractivity contribution is 0.790. The van der Waals surface area contributed by atoms with E-state index in [0.29, 0.717) is 9.80 Å². The first-order valence-corrected chi connectivity index (χ1v) is 3.77. The van der Waals surface area contributed by atoms with Crippen molar-refractivity contribution in [3.05, 3.63) is 26.8 Å². The molecule has 2 aromatic rings. The fourth-order valence-electron chi connectivity index (χ4n) is 0.955. The van der Waals surface area contributed by atoms with Crippen LogP contribution < -0.4 is 11.4 Å². The summed E-state index contributed by atoms with van der Waals surface area (Å²) in [6, 6.07) is 0. The minimum atomic E-state index is -0.636. The van der Waals surface area contributed by atoms with Crippen molar-refractivity contribution < 1.29 is 0 Å². The normalized spacial score (nSPS) is 10.9. The molecule has 2 rings (SSSR count). The topological polar surface area (TPSA) is 85.0 Å². The van der Waals surface area contributed by atoms with Crippen molar-refractivity contribution in [3.8, 4) is 0 Å². The van der Waals surface area contributed by atoms with E-state index in [1.807, 2.05) is 0 Å². The number of nitrogens with zero attached hydrogens (tertiary/aromatic N) is 4. The van der Waals surface area contributed by atoms with Crippen molar-refractivity contribution >= 4 is 18.6 Å². The zero-order valence-corrected chi connectivity index (χ0v) is 7.45. The van der Waals surface area contributed by atoms with E-state index in [-0.39, 0.29) is 5.78 Å². The first-order chi connectivity index (χ1) is 6.09. The van der Waals surface area contributed by atoms with Crippen LogP contribution in [0.2, 0.25) is 0 Å². The molecule has 0 bridgehead atoms. The molecule has 0 aromatic carbocycles. The van der Waals surface area contributed by atoms with E-state index in [1.54, 1.807) is 6.92 Å². The highest BCUT2D eigenvalue weighted by Gasteiger charge is 2.06. The second kappa shape index (κ2) is 2.46. The van der Waals surface area contributed by atoms with Gasteiger partial charge in [-0.05, 0) is 6.92 Å². The third-order valence-corrected chi connectivity index (χ3v) is 1.84. The number of thiol groups is 1. The molecule has 7 nitrogen and oxygen atoms in total. The molecule has 0 radical (unpaired) electrons. The van der Waals surface area contributed by atoms with Crippen molar-refractivity contribution in [1.29, 1.82) is 0 Å². The van der Waals surface area contributed by atoms with Gasteiger partial charge in [-0.25, -0.2) is 9.59 Å². The number of nitrogens with one attached hydrogen (secondary N) is 1. The molecule has 0 atom stereocenters. The lowest BCUT2D eigenvalue weighted by Gasteiger charge is -1.92. The van der Waals surface area contributed by atoms with E-state index < -0.39 is 11.4 Å². The van der Waals surface area contributed by atoms with Gasteiger partial charge < -0.3 is 0 Å². The van der Waals surface area contributed by atoms with Gasteiger partial charge in [-0.15, -0.1) is 9.61 Å². The minimum Gasteiger partial charge on any atom is -0.275 e. The summed E-state index contributed by atoms with van der Waals surface area (Å²) in [5.41, 5.74) is -1.27. The van der Waals surface area contributed by atoms with E-state index in [1.165, 1.54) is 0 Å². The van der Waals surface area contributed by atoms with Crippen LogP contribution in [0, 0.1) is 6.92 Å². The maximum atomic E-state index is 11.3. The summed E-state index contributed by atoms with van der Waals surface area (Å²) in [5.74, 6) is 0.532. The smallest absolute Gasteiger partial charge is 0.275 e. The molecule has 0 saturated carbocycles. The van der Waals surface area contributed by atoms with Gasteiger partial charge in [0.2, 0.25) is 5.78 Å². The van der Waals surface area contributed by atoms with Gasteiger partial charge in [0.25, 0.3) is 0 Å². The number of H-pyrrole nitrogens is 1. The van der Waals surface area contributed by atoms with Crippen LogP contribution in [0.1, 0.15) is 5.82 Å². The van der Waals surface area contributed by atoms with Crippen LogP contribution in [0.5, 0.6) is 0 Å². The lowest BCUT2D eigenvalue weighted by Crippen LogP contribution is -2.34. The molecule has 8 heteroatoms. The predicted molar refractivity (Wildman–Crippen MR) is 47.0 cm³/mol. The van der Waals surface area contributed by atoms with Crippen molar-refractivity contribution in [2.45, 2.75) is 6.92 Å². The highest BCUT2D eigenvalue weighted by atomic mass is 32.1. The van der Waals surface area contributed by atoms with Gasteiger partial charge in [0.05, 0.1) is 0 Å². The first-order valence-electron chi connectivity index (χ1n) is 3.37. The molecule has 2 aromatic heterocycles. The lowest BCUT2D eigenvalue weighted by atomic mass is 10.8. The molecular weight excluding hydrogens is 194 g/mol. The molecule has 0 saturated heterocycles. The molecule has 0 aliphatic heterocycles. The molecule has 68 valence electrons. The Kier molecular flexibility index (Phi) is 1.52. The second-order valence-electron chi connectivity index (χ2n) is 2.42. The Bertz CT molecular complexity index is 579. The molecule has 13 heavy (non-hydrogen) atoms. The fourth-order valence-corrected chi connectivity index (χ4v) is 1.09. The van der Waals surface area contributed by atoms with E-state index in [4.69, 9.17) is 0 Å². The Morgan fingerprint density at radius 3 is 2.85 bits per heavy atom. The molecule has 0 spiro atoms. The molecule has 0 aliphatic carbocycles. The van der Waals surface area contributed by atoms with Gasteiger partial charge in [0.1, 0.15) is 5.82 Å². The van der Waals surface area contributed by atoms with Crippen LogP contribution in [-0.4, -0.2) is 23.6 Å². The highest BCUT2D eigenvalue weighted by Crippen LogP contribution is 1.88. The minimum absolute atomic E-state index is 0.123. The molecule has 0 fully saturated rings. The van der Waals surface area contributed by atoms with Crippen LogP contribution in [0.15, 0.2) is 9.59 Å². The van der Waals surface area contributed by atoms with Crippen LogP contribution in [-0.2, 0) is 0 Å².